The zero-order chi connectivity index (χ0) is 53.6. The van der Waals surface area contributed by atoms with Crippen molar-refractivity contribution in [3.8, 4) is 0 Å². The van der Waals surface area contributed by atoms with Crippen molar-refractivity contribution in [2.75, 3.05) is 25.6 Å². The number of phosphoric ester groups is 2. The van der Waals surface area contributed by atoms with Gasteiger partial charge in [-0.05, 0) is 89.5 Å². The molecule has 1 fully saturated rings. The lowest BCUT2D eigenvalue weighted by Gasteiger charge is -2.21. The molecule has 19 nitrogen and oxygen atoms in total. The smallest absolute Gasteiger partial charge is 0.462 e. The molecule has 2 rings (SSSR count). The maximum absolute atomic E-state index is 12.8. The Hall–Kier alpha value is -4.36. The molecule has 8 atom stereocenters. The number of unbranched alkanes of at least 4 members (excludes halogenated alkanes) is 8. The van der Waals surface area contributed by atoms with E-state index in [0.717, 1.165) is 49.3 Å². The number of aromatic nitrogens is 2. The van der Waals surface area contributed by atoms with Gasteiger partial charge in [-0.2, -0.15) is 9.29 Å². The van der Waals surface area contributed by atoms with E-state index in [1.54, 1.807) is 12.2 Å². The first-order chi connectivity index (χ1) is 35.1. The highest BCUT2D eigenvalue weighted by atomic mass is 31.3. The third-order valence-electron chi connectivity index (χ3n) is 10.7. The van der Waals surface area contributed by atoms with E-state index in [0.29, 0.717) is 38.5 Å². The molecule has 2 heterocycles. The van der Waals surface area contributed by atoms with Crippen LogP contribution in [0.2, 0.25) is 0 Å². The van der Waals surface area contributed by atoms with E-state index in [2.05, 4.69) is 65.7 Å². The SMILES string of the molecule is CCCCC/C=C\C/C=C\C/C=C\C/C=C\CCCC(=O)OC[C@H](COP(=O)(O)OP(=O)(O)OC[C@H]1O[C@@H](n2ccc(N)nc2=O)[C@H](O)[C@@H]1O)OC(=O)CCC/C=C\C/C=C\C=C\[C@@H](O)C/C=C\CCCCC. The average molecular weight is 1070 g/mol. The highest BCUT2D eigenvalue weighted by molar-refractivity contribution is 7.61. The van der Waals surface area contributed by atoms with E-state index < -0.39 is 89.8 Å². The molecule has 2 unspecified atom stereocenters. The van der Waals surface area contributed by atoms with Crippen LogP contribution in [0.1, 0.15) is 142 Å². The lowest BCUT2D eigenvalue weighted by Crippen LogP contribution is -2.36. The number of carbonyl (C=O) groups is 2. The zero-order valence-electron chi connectivity index (χ0n) is 42.5. The van der Waals surface area contributed by atoms with Gasteiger partial charge in [-0.1, -0.05) is 137 Å². The molecule has 0 bridgehead atoms. The van der Waals surface area contributed by atoms with Crippen LogP contribution in [0.3, 0.4) is 0 Å². The number of ether oxygens (including phenoxy) is 3. The van der Waals surface area contributed by atoms with Gasteiger partial charge in [-0.15, -0.1) is 0 Å². The molecular formula is C52H81N3O16P2. The highest BCUT2D eigenvalue weighted by Crippen LogP contribution is 2.60. The number of hydrogen-bond donors (Lipinski definition) is 6. The Bertz CT molecular complexity index is 2120. The Kier molecular flexibility index (Phi) is 34.7. The largest absolute Gasteiger partial charge is 0.481 e. The van der Waals surface area contributed by atoms with Gasteiger partial charge in [0, 0.05) is 19.0 Å². The van der Waals surface area contributed by atoms with E-state index in [4.69, 9.17) is 29.0 Å². The van der Waals surface area contributed by atoms with Crippen LogP contribution in [0, 0.1) is 0 Å². The third-order valence-corrected chi connectivity index (χ3v) is 13.3. The molecule has 1 saturated heterocycles. The van der Waals surface area contributed by atoms with Crippen molar-refractivity contribution >= 4 is 33.4 Å². The molecule has 7 N–H and O–H groups in total. The molecule has 0 saturated carbocycles. The van der Waals surface area contributed by atoms with Crippen LogP contribution in [0.4, 0.5) is 5.82 Å². The van der Waals surface area contributed by atoms with Gasteiger partial charge in [0.25, 0.3) is 0 Å². The number of nitrogens with two attached hydrogens (primary N) is 1. The summed E-state index contributed by atoms with van der Waals surface area (Å²) in [5.41, 5.74) is 4.57. The molecule has 0 spiro atoms. The second-order valence-electron chi connectivity index (χ2n) is 17.2. The molecule has 1 aliphatic rings. The first-order valence-corrected chi connectivity index (χ1v) is 28.3. The number of nitrogens with zero attached hydrogens (tertiary/aromatic N) is 2. The quantitative estimate of drug-likeness (QED) is 0.0117. The zero-order valence-corrected chi connectivity index (χ0v) is 44.3. The molecule has 0 aromatic carbocycles. The van der Waals surface area contributed by atoms with Crippen LogP contribution in [-0.2, 0) is 46.3 Å². The Morgan fingerprint density at radius 3 is 1.85 bits per heavy atom. The van der Waals surface area contributed by atoms with Crippen molar-refractivity contribution in [2.45, 2.75) is 173 Å². The van der Waals surface area contributed by atoms with Crippen molar-refractivity contribution in [2.24, 2.45) is 0 Å². The Morgan fingerprint density at radius 2 is 1.26 bits per heavy atom. The maximum Gasteiger partial charge on any atom is 0.481 e. The minimum Gasteiger partial charge on any atom is -0.462 e. The summed E-state index contributed by atoms with van der Waals surface area (Å²) in [6, 6.07) is 1.23. The van der Waals surface area contributed by atoms with Gasteiger partial charge in [0.1, 0.15) is 30.7 Å². The van der Waals surface area contributed by atoms with E-state index in [-0.39, 0.29) is 18.7 Å². The first-order valence-electron chi connectivity index (χ1n) is 25.4. The lowest BCUT2D eigenvalue weighted by atomic mass is 10.1. The van der Waals surface area contributed by atoms with Crippen molar-refractivity contribution in [3.05, 3.63) is 120 Å². The Balaban J connectivity index is 1.88. The molecule has 1 aromatic heterocycles. The van der Waals surface area contributed by atoms with E-state index in [1.807, 2.05) is 42.5 Å². The van der Waals surface area contributed by atoms with E-state index >= 15 is 0 Å². The summed E-state index contributed by atoms with van der Waals surface area (Å²) in [5.74, 6) is -1.49. The van der Waals surface area contributed by atoms with Crippen molar-refractivity contribution in [1.82, 2.24) is 9.55 Å². The number of aliphatic hydroxyl groups is 3. The number of hydrogen-bond acceptors (Lipinski definition) is 16. The topological polar surface area (TPSA) is 286 Å². The molecule has 21 heteroatoms. The molecule has 0 amide bonds. The Labute approximate surface area is 431 Å². The van der Waals surface area contributed by atoms with Crippen molar-refractivity contribution < 1.29 is 71.4 Å². The number of carbonyl (C=O) groups excluding carboxylic acids is 2. The van der Waals surface area contributed by atoms with Crippen molar-refractivity contribution in [3.63, 3.8) is 0 Å². The molecule has 73 heavy (non-hydrogen) atoms. The van der Waals surface area contributed by atoms with Gasteiger partial charge in [0.05, 0.1) is 19.3 Å². The number of esters is 2. The molecular weight excluding hydrogens is 985 g/mol. The van der Waals surface area contributed by atoms with Gasteiger partial charge >= 0.3 is 33.3 Å². The molecule has 1 aromatic rings. The maximum atomic E-state index is 12.8. The normalized spacial score (nSPS) is 20.2. The summed E-state index contributed by atoms with van der Waals surface area (Å²) < 4.78 is 56.6. The van der Waals surface area contributed by atoms with Gasteiger partial charge in [-0.25, -0.2) is 13.9 Å². The highest BCUT2D eigenvalue weighted by Gasteiger charge is 2.46. The minimum atomic E-state index is -5.47. The molecule has 1 aliphatic heterocycles. The number of anilines is 1. The average Bonchev–Trinajstić information content (AvgIpc) is 3.62. The fourth-order valence-electron chi connectivity index (χ4n) is 6.73. The number of aliphatic hydroxyl groups excluding tert-OH is 3. The monoisotopic (exact) mass is 1070 g/mol. The summed E-state index contributed by atoms with van der Waals surface area (Å²) in [5, 5.41) is 31.0. The summed E-state index contributed by atoms with van der Waals surface area (Å²) in [4.78, 5) is 61.9. The van der Waals surface area contributed by atoms with Gasteiger partial charge in [0.2, 0.25) is 0 Å². The second-order valence-corrected chi connectivity index (χ2v) is 20.2. The van der Waals surface area contributed by atoms with E-state index in [1.165, 1.54) is 38.2 Å². The van der Waals surface area contributed by atoms with Crippen LogP contribution >= 0.6 is 15.6 Å². The fourth-order valence-corrected chi connectivity index (χ4v) is 8.84. The lowest BCUT2D eigenvalue weighted by molar-refractivity contribution is -0.161. The predicted octanol–water partition coefficient (Wildman–Crippen LogP) is 9.41. The minimum absolute atomic E-state index is 0.0214. The standard InChI is InChI=1S/C52H81N3O16P2/c1-3-5-7-9-11-12-13-14-15-16-17-18-19-20-24-28-32-36-47(57)66-40-44(69-48(58)37-33-29-25-22-21-23-27-31-35-43(56)34-30-26-10-8-6-4-2)41-67-72(62,63)71-73(64,65)68-42-45-49(59)50(60)51(70-45)55-39-38-46(53)54-52(55)61/h11-12,14-15,17-18,20,22-27,30-31,35,38-39,43-45,49-51,56,59-60H,3-10,13,16,19,21,28-29,32-34,36-37,40-42H2,1-2H3,(H,62,63)(H,64,65)(H2,53,54,61)/b12-11-,15-14-,18-17-,24-20-,25-22-,27-23-,30-26-,35-31+/t43-,44+,45+,49+,50+,51+/m0/s1. The number of rotatable bonds is 40. The summed E-state index contributed by atoms with van der Waals surface area (Å²) >= 11 is 0. The number of allylic oxidation sites excluding steroid dienone is 14. The van der Waals surface area contributed by atoms with Crippen molar-refractivity contribution in [1.29, 1.82) is 0 Å². The van der Waals surface area contributed by atoms with Crippen LogP contribution in [-0.4, -0.2) is 96.9 Å². The van der Waals surface area contributed by atoms with Crippen LogP contribution in [0.5, 0.6) is 0 Å². The number of phosphoric acid groups is 2. The van der Waals surface area contributed by atoms with E-state index in [9.17, 15) is 48.6 Å². The molecule has 410 valence electrons. The van der Waals surface area contributed by atoms with Gasteiger partial charge in [-0.3, -0.25) is 23.2 Å². The summed E-state index contributed by atoms with van der Waals surface area (Å²) in [6.07, 6.45) is 39.6. The summed E-state index contributed by atoms with van der Waals surface area (Å²) in [7, 11) is -10.9. The molecule has 0 radical (unpaired) electrons. The first kappa shape index (κ1) is 64.8. The fraction of sp³-hybridized carbons (Fsp3) is 0.577. The molecule has 0 aliphatic carbocycles. The van der Waals surface area contributed by atoms with Crippen LogP contribution in [0.15, 0.2) is 114 Å². The van der Waals surface area contributed by atoms with Gasteiger partial charge < -0.3 is 45.1 Å². The van der Waals surface area contributed by atoms with Crippen LogP contribution in [0.25, 0.3) is 0 Å². The second kappa shape index (κ2) is 39.1. The number of nitrogen functional groups attached to an aromatic ring is 1. The van der Waals surface area contributed by atoms with Gasteiger partial charge in [0.15, 0.2) is 12.3 Å². The third kappa shape index (κ3) is 31.9. The Morgan fingerprint density at radius 1 is 0.726 bits per heavy atom. The van der Waals surface area contributed by atoms with Crippen LogP contribution < -0.4 is 11.4 Å². The summed E-state index contributed by atoms with van der Waals surface area (Å²) in [6.45, 7) is 1.89. The predicted molar refractivity (Wildman–Crippen MR) is 281 cm³/mol.